The highest BCUT2D eigenvalue weighted by Crippen LogP contribution is 2.37. The second kappa shape index (κ2) is 13.4. The number of fused-ring (bicyclic) bond motifs is 1. The molecule has 1 fully saturated rings. The van der Waals surface area contributed by atoms with E-state index in [1.807, 2.05) is 25.1 Å². The lowest BCUT2D eigenvalue weighted by molar-refractivity contribution is -0.124. The molecule has 1 aliphatic heterocycles. The molecular formula is C31H39N7O4. The summed E-state index contributed by atoms with van der Waals surface area (Å²) in [6, 6.07) is 7.47. The van der Waals surface area contributed by atoms with Gasteiger partial charge >= 0.3 is 0 Å². The van der Waals surface area contributed by atoms with Crippen LogP contribution in [0.3, 0.4) is 0 Å². The average molecular weight is 574 g/mol. The number of anilines is 3. The third kappa shape index (κ3) is 6.44. The summed E-state index contributed by atoms with van der Waals surface area (Å²) < 4.78 is 10.9. The number of nitrogens with one attached hydrogen (secondary N) is 2. The molecule has 1 aromatic carbocycles. The molecule has 2 aromatic heterocycles. The van der Waals surface area contributed by atoms with Gasteiger partial charge < -0.3 is 30.1 Å². The molecule has 0 unspecified atom stereocenters. The number of aliphatic hydroxyl groups excluding tert-OH is 1. The fourth-order valence-electron chi connectivity index (χ4n) is 5.48. The van der Waals surface area contributed by atoms with Crippen molar-refractivity contribution in [2.24, 2.45) is 0 Å². The minimum Gasteiger partial charge on any atom is -0.495 e. The number of hydrogen-bond donors (Lipinski definition) is 3. The molecule has 0 radical (unpaired) electrons. The van der Waals surface area contributed by atoms with Gasteiger partial charge in [0.25, 0.3) is 0 Å². The van der Waals surface area contributed by atoms with Gasteiger partial charge in [0.15, 0.2) is 0 Å². The summed E-state index contributed by atoms with van der Waals surface area (Å²) in [5.41, 5.74) is 7.05. The Bertz CT molecular complexity index is 1450. The van der Waals surface area contributed by atoms with Crippen LogP contribution in [-0.4, -0.2) is 102 Å². The van der Waals surface area contributed by atoms with Crippen LogP contribution in [0.1, 0.15) is 28.1 Å². The number of benzene rings is 1. The number of methoxy groups -OCH3 is 2. The number of pyridine rings is 1. The van der Waals surface area contributed by atoms with Gasteiger partial charge in [-0.1, -0.05) is 18.2 Å². The topological polar surface area (TPSA) is 125 Å². The molecule has 5 rings (SSSR count). The number of rotatable bonds is 11. The fraction of sp³-hybridized carbons (Fsp3) is 0.419. The van der Waals surface area contributed by atoms with Crippen molar-refractivity contribution >= 4 is 28.8 Å². The summed E-state index contributed by atoms with van der Waals surface area (Å²) in [5.74, 6) is 0.966. The Morgan fingerprint density at radius 1 is 1.14 bits per heavy atom. The Morgan fingerprint density at radius 2 is 1.95 bits per heavy atom. The summed E-state index contributed by atoms with van der Waals surface area (Å²) in [4.78, 5) is 31.7. The van der Waals surface area contributed by atoms with Crippen LogP contribution in [0.4, 0.5) is 17.3 Å². The summed E-state index contributed by atoms with van der Waals surface area (Å²) >= 11 is 0. The van der Waals surface area contributed by atoms with E-state index in [0.717, 1.165) is 59.8 Å². The molecule has 3 heterocycles. The number of carbonyl (C=O) groups is 1. The van der Waals surface area contributed by atoms with Crippen LogP contribution in [0.25, 0.3) is 5.57 Å². The number of amides is 1. The number of hydrogen-bond acceptors (Lipinski definition) is 10. The zero-order valence-electron chi connectivity index (χ0n) is 24.7. The van der Waals surface area contributed by atoms with Gasteiger partial charge in [-0.25, -0.2) is 9.97 Å². The molecule has 42 heavy (non-hydrogen) atoms. The molecule has 1 aliphatic carbocycles. The van der Waals surface area contributed by atoms with Gasteiger partial charge in [-0.2, -0.15) is 0 Å². The summed E-state index contributed by atoms with van der Waals surface area (Å²) in [6.07, 6.45) is 6.72. The van der Waals surface area contributed by atoms with Crippen LogP contribution < -0.4 is 15.4 Å². The Hall–Kier alpha value is -3.90. The van der Waals surface area contributed by atoms with Gasteiger partial charge in [-0.3, -0.25) is 14.7 Å². The molecule has 3 N–H and O–H groups in total. The van der Waals surface area contributed by atoms with E-state index < -0.39 is 0 Å². The van der Waals surface area contributed by atoms with Gasteiger partial charge in [0, 0.05) is 69.8 Å². The third-order valence-corrected chi connectivity index (χ3v) is 7.82. The largest absolute Gasteiger partial charge is 0.495 e. The monoisotopic (exact) mass is 573 g/mol. The predicted molar refractivity (Wildman–Crippen MR) is 162 cm³/mol. The highest BCUT2D eigenvalue weighted by atomic mass is 16.5. The van der Waals surface area contributed by atoms with Crippen LogP contribution >= 0.6 is 0 Å². The second-order valence-corrected chi connectivity index (χ2v) is 10.7. The number of ether oxygens (including phenoxy) is 2. The highest BCUT2D eigenvalue weighted by molar-refractivity contribution is 5.97. The van der Waals surface area contributed by atoms with Crippen LogP contribution in [-0.2, 0) is 22.4 Å². The normalized spacial score (nSPS) is 16.1. The maximum atomic E-state index is 13.5. The summed E-state index contributed by atoms with van der Waals surface area (Å²) in [7, 11) is 5.32. The van der Waals surface area contributed by atoms with Crippen molar-refractivity contribution in [2.45, 2.75) is 25.8 Å². The van der Waals surface area contributed by atoms with Crippen molar-refractivity contribution in [3.63, 3.8) is 0 Å². The highest BCUT2D eigenvalue weighted by Gasteiger charge is 2.30. The van der Waals surface area contributed by atoms with Crippen LogP contribution in [0.2, 0.25) is 0 Å². The quantitative estimate of drug-likeness (QED) is 0.315. The third-order valence-electron chi connectivity index (χ3n) is 7.82. The Kier molecular flexibility index (Phi) is 9.43. The first-order valence-electron chi connectivity index (χ1n) is 14.2. The smallest absolute Gasteiger partial charge is 0.244 e. The molecule has 1 atom stereocenters. The maximum absolute atomic E-state index is 13.5. The Labute approximate surface area is 246 Å². The number of aryl methyl sites for hydroxylation is 1. The number of likely N-dealkylation sites (N-methyl/N-ethyl adjacent to an activating group) is 1. The lowest BCUT2D eigenvalue weighted by Crippen LogP contribution is -2.54. The number of aromatic nitrogens is 3. The average Bonchev–Trinajstić information content (AvgIpc) is 3.43. The summed E-state index contributed by atoms with van der Waals surface area (Å²) in [6.45, 7) is 5.84. The molecule has 0 bridgehead atoms. The molecule has 0 spiro atoms. The van der Waals surface area contributed by atoms with E-state index in [1.165, 1.54) is 0 Å². The zero-order valence-corrected chi connectivity index (χ0v) is 24.7. The first kappa shape index (κ1) is 29.6. The van der Waals surface area contributed by atoms with Crippen molar-refractivity contribution in [2.75, 3.05) is 71.3 Å². The van der Waals surface area contributed by atoms with Crippen molar-refractivity contribution in [1.82, 2.24) is 24.8 Å². The molecule has 3 aromatic rings. The molecule has 1 amide bonds. The lowest BCUT2D eigenvalue weighted by Gasteiger charge is -2.36. The van der Waals surface area contributed by atoms with Gasteiger partial charge in [-0.15, -0.1) is 0 Å². The molecule has 222 valence electrons. The predicted octanol–water partition coefficient (Wildman–Crippen LogP) is 2.66. The fourth-order valence-corrected chi connectivity index (χ4v) is 5.48. The van der Waals surface area contributed by atoms with E-state index in [4.69, 9.17) is 14.5 Å². The van der Waals surface area contributed by atoms with E-state index in [9.17, 15) is 9.90 Å². The molecule has 11 heteroatoms. The van der Waals surface area contributed by atoms with E-state index in [-0.39, 0.29) is 18.6 Å². The standard InChI is InChI=1S/C31H39N7O4/c1-20-17-33-31(34-21-16-28(42-4)26(10-15-39)32-18-21)36-29(20)24-9-8-23-22(24)6-5-7-25(23)35-30(40)27(19-41-3)38-13-11-37(2)12-14-38/h5-7,9,16-18,27,39H,8,10-15,19H2,1-4H3,(H,35,40)(H,33,34,36)/t27-/m1/s1. The van der Waals surface area contributed by atoms with E-state index in [0.29, 0.717) is 42.5 Å². The Balaban J connectivity index is 1.35. The van der Waals surface area contributed by atoms with E-state index >= 15 is 0 Å². The van der Waals surface area contributed by atoms with E-state index in [2.05, 4.69) is 49.6 Å². The molecule has 11 nitrogen and oxygen atoms in total. The van der Waals surface area contributed by atoms with E-state index in [1.54, 1.807) is 26.6 Å². The molecule has 0 saturated carbocycles. The number of allylic oxidation sites excluding steroid dienone is 1. The van der Waals surface area contributed by atoms with Gasteiger partial charge in [0.05, 0.1) is 37.0 Å². The van der Waals surface area contributed by atoms with Gasteiger partial charge in [-0.05, 0) is 43.1 Å². The minimum atomic E-state index is -0.350. The van der Waals surface area contributed by atoms with Crippen molar-refractivity contribution in [3.05, 3.63) is 70.8 Å². The molecular weight excluding hydrogens is 534 g/mol. The van der Waals surface area contributed by atoms with Crippen molar-refractivity contribution in [1.29, 1.82) is 0 Å². The number of piperazine rings is 1. The first-order chi connectivity index (χ1) is 20.4. The number of nitrogens with zero attached hydrogens (tertiary/aromatic N) is 5. The zero-order chi connectivity index (χ0) is 29.6. The molecule has 2 aliphatic rings. The van der Waals surface area contributed by atoms with Crippen LogP contribution in [0, 0.1) is 6.92 Å². The summed E-state index contributed by atoms with van der Waals surface area (Å²) in [5, 5.41) is 15.7. The first-order valence-corrected chi connectivity index (χ1v) is 14.2. The molecule has 1 saturated heterocycles. The SMILES string of the molecule is COC[C@H](C(=O)Nc1cccc2c1CC=C2c1nc(Nc2cnc(CCO)c(OC)c2)ncc1C)N1CCN(C)CC1. The van der Waals surface area contributed by atoms with Crippen molar-refractivity contribution in [3.8, 4) is 5.75 Å². The lowest BCUT2D eigenvalue weighted by atomic mass is 9.99. The van der Waals surface area contributed by atoms with Gasteiger partial charge in [0.1, 0.15) is 11.8 Å². The van der Waals surface area contributed by atoms with Crippen LogP contribution in [0.5, 0.6) is 5.75 Å². The number of aliphatic hydroxyl groups is 1. The Morgan fingerprint density at radius 3 is 2.69 bits per heavy atom. The van der Waals surface area contributed by atoms with Crippen LogP contribution in [0.15, 0.2) is 42.7 Å². The van der Waals surface area contributed by atoms with Crippen molar-refractivity contribution < 1.29 is 19.4 Å². The minimum absolute atomic E-state index is 0.00739. The number of carbonyl (C=O) groups excluding carboxylic acids is 1. The second-order valence-electron chi connectivity index (χ2n) is 10.7. The van der Waals surface area contributed by atoms with Gasteiger partial charge in [0.2, 0.25) is 11.9 Å². The maximum Gasteiger partial charge on any atom is 0.244 e.